The number of carbonyl (C=O) groups is 2. The summed E-state index contributed by atoms with van der Waals surface area (Å²) in [6.45, 7) is 2.18. The maximum absolute atomic E-state index is 13.3. The Morgan fingerprint density at radius 1 is 1.14 bits per heavy atom. The predicted octanol–water partition coefficient (Wildman–Crippen LogP) is 2.92. The second kappa shape index (κ2) is 9.61. The van der Waals surface area contributed by atoms with Crippen LogP contribution >= 0.6 is 0 Å². The van der Waals surface area contributed by atoms with Crippen molar-refractivity contribution in [3.05, 3.63) is 71.8 Å². The number of ketones is 1. The Balaban J connectivity index is 1.11. The lowest BCUT2D eigenvalue weighted by Crippen LogP contribution is -2.49. The number of ether oxygens (including phenoxy) is 1. The molecule has 10 nitrogen and oxygen atoms in total. The number of urea groups is 1. The number of nitrogens with one attached hydrogen (secondary N) is 2. The lowest BCUT2D eigenvalue weighted by Gasteiger charge is -2.39. The van der Waals surface area contributed by atoms with E-state index in [1.165, 1.54) is 0 Å². The molecule has 2 amide bonds. The lowest BCUT2D eigenvalue weighted by atomic mass is 10.0. The van der Waals surface area contributed by atoms with Crippen molar-refractivity contribution in [1.82, 2.24) is 24.7 Å². The molecule has 0 bridgehead atoms. The maximum atomic E-state index is 13.3. The van der Waals surface area contributed by atoms with Crippen LogP contribution in [0.15, 0.2) is 65.7 Å². The number of pyridine rings is 1. The number of Topliss-reactive ketones (excluding diaryl/α,β-unsaturated/α-hetero) is 1. The zero-order chi connectivity index (χ0) is 25.4. The average molecular weight is 500 g/mol. The minimum absolute atomic E-state index is 0.0443. The molecule has 0 radical (unpaired) electrons. The van der Waals surface area contributed by atoms with Gasteiger partial charge in [-0.3, -0.25) is 4.79 Å². The first-order valence-corrected chi connectivity index (χ1v) is 12.6. The number of fused-ring (bicyclic) bond motifs is 2. The van der Waals surface area contributed by atoms with Gasteiger partial charge >= 0.3 is 6.03 Å². The van der Waals surface area contributed by atoms with E-state index in [9.17, 15) is 9.59 Å². The Morgan fingerprint density at radius 2 is 2.00 bits per heavy atom. The Hall–Kier alpha value is -4.34. The number of hydrogen-bond acceptors (Lipinski definition) is 7. The van der Waals surface area contributed by atoms with Crippen LogP contribution in [-0.4, -0.2) is 76.4 Å². The fourth-order valence-electron chi connectivity index (χ4n) is 5.36. The smallest absolute Gasteiger partial charge is 0.322 e. The van der Waals surface area contributed by atoms with Gasteiger partial charge in [0, 0.05) is 37.6 Å². The number of carbonyl (C=O) groups excluding carboxylic acids is 2. The molecule has 2 N–H and O–H groups in total. The molecule has 37 heavy (non-hydrogen) atoms. The molecule has 6 rings (SSSR count). The average Bonchev–Trinajstić information content (AvgIpc) is 3.30. The number of methoxy groups -OCH3 is 1. The summed E-state index contributed by atoms with van der Waals surface area (Å²) in [6.07, 6.45) is 9.37. The van der Waals surface area contributed by atoms with E-state index in [-0.39, 0.29) is 17.9 Å². The van der Waals surface area contributed by atoms with Crippen LogP contribution in [0.5, 0.6) is 5.75 Å². The number of rotatable bonds is 5. The van der Waals surface area contributed by atoms with Crippen LogP contribution in [0.2, 0.25) is 0 Å². The van der Waals surface area contributed by atoms with Crippen molar-refractivity contribution in [3.8, 4) is 5.75 Å². The molecule has 0 saturated carbocycles. The van der Waals surface area contributed by atoms with Gasteiger partial charge in [-0.15, -0.1) is 0 Å². The van der Waals surface area contributed by atoms with Crippen LogP contribution in [0, 0.1) is 0 Å². The molecule has 2 aromatic heterocycles. The molecule has 190 valence electrons. The highest BCUT2D eigenvalue weighted by molar-refractivity contribution is 6.07. The second-order valence-corrected chi connectivity index (χ2v) is 9.50. The van der Waals surface area contributed by atoms with Gasteiger partial charge in [0.1, 0.15) is 17.6 Å². The van der Waals surface area contributed by atoms with E-state index < -0.39 is 6.04 Å². The minimum Gasteiger partial charge on any atom is -0.497 e. The highest BCUT2D eigenvalue weighted by Gasteiger charge is 2.32. The highest BCUT2D eigenvalue weighted by Crippen LogP contribution is 2.28. The van der Waals surface area contributed by atoms with Crippen molar-refractivity contribution < 1.29 is 14.3 Å². The van der Waals surface area contributed by atoms with Crippen LogP contribution in [0.3, 0.4) is 0 Å². The van der Waals surface area contributed by atoms with Crippen LogP contribution in [-0.2, 0) is 6.42 Å². The van der Waals surface area contributed by atoms with E-state index in [1.54, 1.807) is 24.2 Å². The van der Waals surface area contributed by atoms with Crippen molar-refractivity contribution in [2.75, 3.05) is 32.1 Å². The van der Waals surface area contributed by atoms with E-state index in [4.69, 9.17) is 4.74 Å². The highest BCUT2D eigenvalue weighted by atomic mass is 16.5. The van der Waals surface area contributed by atoms with E-state index in [0.717, 1.165) is 60.7 Å². The fourth-order valence-corrected chi connectivity index (χ4v) is 5.36. The van der Waals surface area contributed by atoms with Gasteiger partial charge in [0.25, 0.3) is 0 Å². The predicted molar refractivity (Wildman–Crippen MR) is 140 cm³/mol. The van der Waals surface area contributed by atoms with Crippen molar-refractivity contribution in [2.45, 2.75) is 31.3 Å². The van der Waals surface area contributed by atoms with E-state index in [2.05, 4.69) is 25.6 Å². The summed E-state index contributed by atoms with van der Waals surface area (Å²) in [6, 6.07) is 11.0. The van der Waals surface area contributed by atoms with Crippen LogP contribution < -0.4 is 15.4 Å². The molecule has 10 heteroatoms. The monoisotopic (exact) mass is 499 g/mol. The number of aliphatic imine (C=N–C) groups is 1. The first-order chi connectivity index (χ1) is 18.1. The van der Waals surface area contributed by atoms with Crippen molar-refractivity contribution in [3.63, 3.8) is 0 Å². The normalized spacial score (nSPS) is 20.1. The third-order valence-corrected chi connectivity index (χ3v) is 7.41. The number of amides is 2. The van der Waals surface area contributed by atoms with Crippen molar-refractivity contribution >= 4 is 29.4 Å². The summed E-state index contributed by atoms with van der Waals surface area (Å²) in [5.74, 6) is 1.54. The Morgan fingerprint density at radius 3 is 2.84 bits per heavy atom. The summed E-state index contributed by atoms with van der Waals surface area (Å²) in [7, 11) is 1.65. The molecular weight excluding hydrogens is 470 g/mol. The number of hydrogen-bond donors (Lipinski definition) is 2. The molecule has 1 unspecified atom stereocenters. The largest absolute Gasteiger partial charge is 0.497 e. The molecule has 0 spiro atoms. The van der Waals surface area contributed by atoms with E-state index >= 15 is 0 Å². The number of benzene rings is 1. The molecular formula is C27H29N7O3. The number of aromatic nitrogens is 2. The molecule has 5 heterocycles. The molecule has 1 fully saturated rings. The molecule has 3 aliphatic rings. The Kier molecular flexibility index (Phi) is 5.99. The Bertz CT molecular complexity index is 1400. The van der Waals surface area contributed by atoms with Gasteiger partial charge in [0.2, 0.25) is 0 Å². The van der Waals surface area contributed by atoms with Gasteiger partial charge in [0.05, 0.1) is 30.7 Å². The second-order valence-electron chi connectivity index (χ2n) is 9.50. The van der Waals surface area contributed by atoms with Gasteiger partial charge < -0.3 is 25.2 Å². The summed E-state index contributed by atoms with van der Waals surface area (Å²) < 4.78 is 7.05. The third kappa shape index (κ3) is 4.39. The van der Waals surface area contributed by atoms with E-state index in [1.807, 2.05) is 53.6 Å². The summed E-state index contributed by atoms with van der Waals surface area (Å²) in [5.41, 5.74) is 3.29. The van der Waals surface area contributed by atoms with Gasteiger partial charge in [-0.2, -0.15) is 5.10 Å². The number of piperidine rings is 1. The van der Waals surface area contributed by atoms with Gasteiger partial charge in [-0.1, -0.05) is 6.07 Å². The minimum atomic E-state index is -0.509. The zero-order valence-corrected chi connectivity index (χ0v) is 20.6. The van der Waals surface area contributed by atoms with Crippen LogP contribution in [0.4, 0.5) is 10.5 Å². The topological polar surface area (TPSA) is 104 Å². The van der Waals surface area contributed by atoms with Crippen molar-refractivity contribution in [2.24, 2.45) is 4.99 Å². The van der Waals surface area contributed by atoms with Gasteiger partial charge in [-0.05, 0) is 61.2 Å². The molecule has 0 aliphatic carbocycles. The first kappa shape index (κ1) is 23.1. The summed E-state index contributed by atoms with van der Waals surface area (Å²) in [4.78, 5) is 35.0. The van der Waals surface area contributed by atoms with Crippen molar-refractivity contribution in [1.29, 1.82) is 0 Å². The third-order valence-electron chi connectivity index (χ3n) is 7.41. The quantitative estimate of drug-likeness (QED) is 0.524. The summed E-state index contributed by atoms with van der Waals surface area (Å²) >= 11 is 0. The number of nitrogens with zero attached hydrogens (tertiary/aromatic N) is 5. The number of likely N-dealkylation sites (tertiary alicyclic amines) is 1. The fraction of sp³-hybridized carbons (Fsp3) is 0.333. The van der Waals surface area contributed by atoms with Gasteiger partial charge in [0.15, 0.2) is 5.78 Å². The molecule has 3 aromatic rings. The van der Waals surface area contributed by atoms with Crippen LogP contribution in [0.25, 0.3) is 5.52 Å². The first-order valence-electron chi connectivity index (χ1n) is 12.6. The molecule has 3 aliphatic heterocycles. The van der Waals surface area contributed by atoms with E-state index in [0.29, 0.717) is 12.1 Å². The number of anilines is 1. The Labute approximate surface area is 214 Å². The maximum Gasteiger partial charge on any atom is 0.322 e. The summed E-state index contributed by atoms with van der Waals surface area (Å²) in [5, 5.41) is 10.4. The molecule has 1 atom stereocenters. The van der Waals surface area contributed by atoms with Gasteiger partial charge in [-0.25, -0.2) is 14.3 Å². The SMILES string of the molecule is COc1ccc2c(c1)CCN(C1CCN(C3=CC(C(=O)c4cnn5ccccc45)NC=N3)CC1)C(=O)N2. The van der Waals surface area contributed by atoms with Crippen LogP contribution in [0.1, 0.15) is 28.8 Å². The lowest BCUT2D eigenvalue weighted by molar-refractivity contribution is 0.0969. The molecule has 1 saturated heterocycles. The zero-order valence-electron chi connectivity index (χ0n) is 20.6. The molecule has 1 aromatic carbocycles. The standard InChI is InChI=1S/C27H29N7O3/c1-37-20-5-6-22-18(14-20)7-13-33(27(36)31-22)19-8-11-32(12-9-19)25-15-23(28-17-29-25)26(35)21-16-30-34-10-3-2-4-24(21)34/h2-6,10,14-17,19,23H,7-9,11-13H2,1H3,(H,28,29)(H,31,36).